The number of hydrogen-bond acceptors (Lipinski definition) is 5. The number of anilines is 2. The highest BCUT2D eigenvalue weighted by molar-refractivity contribution is 9.10. The van der Waals surface area contributed by atoms with Crippen molar-refractivity contribution in [3.63, 3.8) is 0 Å². The van der Waals surface area contributed by atoms with Crippen LogP contribution in [0.5, 0.6) is 5.75 Å². The summed E-state index contributed by atoms with van der Waals surface area (Å²) in [4.78, 5) is 14.7. The van der Waals surface area contributed by atoms with Crippen LogP contribution in [0.1, 0.15) is 5.56 Å². The monoisotopic (exact) mass is 462 g/mol. The van der Waals surface area contributed by atoms with Crippen LogP contribution in [0.15, 0.2) is 65.8 Å². The number of ether oxygens (including phenoxy) is 1. The van der Waals surface area contributed by atoms with Gasteiger partial charge < -0.3 is 19.7 Å². The quantitative estimate of drug-likeness (QED) is 0.450. The van der Waals surface area contributed by atoms with Crippen molar-refractivity contribution in [2.45, 2.75) is 6.04 Å². The number of imidazole rings is 1. The summed E-state index contributed by atoms with van der Waals surface area (Å²) in [5, 5.41) is 9.97. The average molecular weight is 463 g/mol. The van der Waals surface area contributed by atoms with Crippen molar-refractivity contribution in [2.24, 2.45) is 0 Å². The average Bonchev–Trinajstić information content (AvgIpc) is 3.21. The first-order valence-electron chi connectivity index (χ1n) is 9.58. The maximum atomic E-state index is 9.97. The fourth-order valence-electron chi connectivity index (χ4n) is 3.72. The Morgan fingerprint density at radius 3 is 2.93 bits per heavy atom. The molecule has 1 aliphatic rings. The molecule has 0 bridgehead atoms. The molecule has 5 rings (SSSR count). The number of benzene rings is 2. The van der Waals surface area contributed by atoms with Crippen LogP contribution in [0.25, 0.3) is 28.5 Å². The molecule has 2 aromatic heterocycles. The third-order valence-corrected chi connectivity index (χ3v) is 5.70. The van der Waals surface area contributed by atoms with E-state index in [1.165, 1.54) is 0 Å². The summed E-state index contributed by atoms with van der Waals surface area (Å²) in [5.41, 5.74) is 4.48. The van der Waals surface area contributed by atoms with E-state index in [-0.39, 0.29) is 12.6 Å². The summed E-state index contributed by atoms with van der Waals surface area (Å²) < 4.78 is 7.10. The predicted molar refractivity (Wildman–Crippen MR) is 122 cm³/mol. The van der Waals surface area contributed by atoms with Gasteiger partial charge in [0, 0.05) is 10.7 Å². The predicted octanol–water partition coefficient (Wildman–Crippen LogP) is 4.92. The van der Waals surface area contributed by atoms with Crippen molar-refractivity contribution in [1.29, 1.82) is 0 Å². The molecule has 0 saturated carbocycles. The van der Waals surface area contributed by atoms with Gasteiger partial charge in [-0.3, -0.25) is 0 Å². The number of nitrogens with one attached hydrogen (secondary N) is 1. The van der Waals surface area contributed by atoms with Crippen LogP contribution in [0.4, 0.5) is 11.5 Å². The maximum Gasteiger partial charge on any atom is 0.154 e. The molecule has 2 aromatic carbocycles. The molecule has 0 unspecified atom stereocenters. The van der Waals surface area contributed by atoms with Gasteiger partial charge in [-0.2, -0.15) is 0 Å². The number of pyridine rings is 1. The molecule has 4 aromatic rings. The molecule has 1 aliphatic heterocycles. The van der Waals surface area contributed by atoms with Crippen LogP contribution in [0.2, 0.25) is 0 Å². The van der Waals surface area contributed by atoms with E-state index in [9.17, 15) is 5.11 Å². The van der Waals surface area contributed by atoms with E-state index < -0.39 is 0 Å². The summed E-state index contributed by atoms with van der Waals surface area (Å²) in [6.07, 6.45) is 3.53. The highest BCUT2D eigenvalue weighted by Gasteiger charge is 2.31. The molecular weight excluding hydrogens is 444 g/mol. The number of aliphatic hydroxyl groups excluding tert-OH is 1. The molecule has 0 saturated heterocycles. The van der Waals surface area contributed by atoms with Crippen LogP contribution >= 0.6 is 15.9 Å². The standard InChI is InChI=1S/C23H19BrN4O2/c1-2-14-6-9-21(25-11-14)28-16(12-29)13-30-22-17(4-3-5-20(22)28)23-26-18-8-7-15(24)10-19(18)27-23/h2-11,16,29H,1,12-13H2,(H,26,27)/t16-/m0/s1. The molecule has 1 atom stereocenters. The van der Waals surface area contributed by atoms with E-state index >= 15 is 0 Å². The number of hydrogen-bond donors (Lipinski definition) is 2. The van der Waals surface area contributed by atoms with Crippen molar-refractivity contribution < 1.29 is 9.84 Å². The van der Waals surface area contributed by atoms with Gasteiger partial charge in [-0.25, -0.2) is 9.97 Å². The van der Waals surface area contributed by atoms with Gasteiger partial charge in [0.2, 0.25) is 0 Å². The second-order valence-corrected chi connectivity index (χ2v) is 7.99. The first-order valence-corrected chi connectivity index (χ1v) is 10.4. The first kappa shape index (κ1) is 18.8. The van der Waals surface area contributed by atoms with Gasteiger partial charge in [-0.15, -0.1) is 0 Å². The smallest absolute Gasteiger partial charge is 0.154 e. The topological polar surface area (TPSA) is 74.3 Å². The molecule has 0 amide bonds. The number of aromatic amines is 1. The third-order valence-electron chi connectivity index (χ3n) is 5.20. The SMILES string of the molecule is C=Cc1ccc(N2c3cccc(-c4nc5ccc(Br)cc5[nH]4)c3OC[C@@H]2CO)nc1. The summed E-state index contributed by atoms with van der Waals surface area (Å²) in [6, 6.07) is 15.5. The number of H-pyrrole nitrogens is 1. The fraction of sp³-hybridized carbons (Fsp3) is 0.130. The summed E-state index contributed by atoms with van der Waals surface area (Å²) in [7, 11) is 0. The molecular formula is C23H19BrN4O2. The molecule has 150 valence electrons. The van der Waals surface area contributed by atoms with Crippen molar-refractivity contribution >= 4 is 44.5 Å². The van der Waals surface area contributed by atoms with Gasteiger partial charge in [0.25, 0.3) is 0 Å². The highest BCUT2D eigenvalue weighted by Crippen LogP contribution is 2.44. The van der Waals surface area contributed by atoms with Gasteiger partial charge in [-0.1, -0.05) is 34.7 Å². The number of rotatable bonds is 4. The number of para-hydroxylation sites is 1. The van der Waals surface area contributed by atoms with Crippen molar-refractivity contribution in [2.75, 3.05) is 18.1 Å². The Bertz CT molecular complexity index is 1240. The Kier molecular flexibility index (Phi) is 4.77. The number of fused-ring (bicyclic) bond motifs is 2. The number of aromatic nitrogens is 3. The lowest BCUT2D eigenvalue weighted by Gasteiger charge is -2.37. The Balaban J connectivity index is 1.64. The van der Waals surface area contributed by atoms with E-state index in [0.717, 1.165) is 49.7 Å². The Labute approximate surface area is 182 Å². The molecule has 0 fully saturated rings. The maximum absolute atomic E-state index is 9.97. The molecule has 6 nitrogen and oxygen atoms in total. The van der Waals surface area contributed by atoms with Crippen molar-refractivity contribution in [1.82, 2.24) is 15.0 Å². The van der Waals surface area contributed by atoms with E-state index in [0.29, 0.717) is 6.61 Å². The number of aliphatic hydroxyl groups is 1. The van der Waals surface area contributed by atoms with Crippen LogP contribution in [-0.4, -0.2) is 39.3 Å². The van der Waals surface area contributed by atoms with Crippen LogP contribution in [0, 0.1) is 0 Å². The summed E-state index contributed by atoms with van der Waals surface area (Å²) in [5.74, 6) is 2.20. The van der Waals surface area contributed by atoms with E-state index in [4.69, 9.17) is 9.72 Å². The zero-order valence-corrected chi connectivity index (χ0v) is 17.6. The van der Waals surface area contributed by atoms with Crippen LogP contribution in [0.3, 0.4) is 0 Å². The summed E-state index contributed by atoms with van der Waals surface area (Å²) in [6.45, 7) is 4.08. The van der Waals surface area contributed by atoms with Gasteiger partial charge >= 0.3 is 0 Å². The molecule has 0 radical (unpaired) electrons. The van der Waals surface area contributed by atoms with Gasteiger partial charge in [0.1, 0.15) is 18.2 Å². The first-order chi connectivity index (χ1) is 14.7. The molecule has 0 spiro atoms. The number of halogens is 1. The third kappa shape index (κ3) is 3.16. The lowest BCUT2D eigenvalue weighted by molar-refractivity contribution is 0.195. The Morgan fingerprint density at radius 1 is 1.27 bits per heavy atom. The molecule has 7 heteroatoms. The minimum atomic E-state index is -0.235. The van der Waals surface area contributed by atoms with E-state index in [1.807, 2.05) is 53.4 Å². The van der Waals surface area contributed by atoms with Crippen molar-refractivity contribution in [3.8, 4) is 17.1 Å². The highest BCUT2D eigenvalue weighted by atomic mass is 79.9. The normalized spacial score (nSPS) is 15.7. The lowest BCUT2D eigenvalue weighted by Crippen LogP contribution is -2.43. The minimum Gasteiger partial charge on any atom is -0.488 e. The van der Waals surface area contributed by atoms with Gasteiger partial charge in [0.05, 0.1) is 34.9 Å². The van der Waals surface area contributed by atoms with E-state index in [1.54, 1.807) is 12.3 Å². The van der Waals surface area contributed by atoms with E-state index in [2.05, 4.69) is 32.5 Å². The zero-order valence-electron chi connectivity index (χ0n) is 16.0. The lowest BCUT2D eigenvalue weighted by atomic mass is 10.1. The second-order valence-electron chi connectivity index (χ2n) is 7.07. The van der Waals surface area contributed by atoms with Gasteiger partial charge in [-0.05, 0) is 48.0 Å². The largest absolute Gasteiger partial charge is 0.488 e. The minimum absolute atomic E-state index is 0.0484. The van der Waals surface area contributed by atoms with Crippen molar-refractivity contribution in [3.05, 3.63) is 71.3 Å². The van der Waals surface area contributed by atoms with Gasteiger partial charge in [0.15, 0.2) is 5.75 Å². The Morgan fingerprint density at radius 2 is 2.17 bits per heavy atom. The fourth-order valence-corrected chi connectivity index (χ4v) is 4.08. The second kappa shape index (κ2) is 7.59. The molecule has 0 aliphatic carbocycles. The molecule has 30 heavy (non-hydrogen) atoms. The molecule has 2 N–H and O–H groups in total. The van der Waals surface area contributed by atoms with Crippen LogP contribution < -0.4 is 9.64 Å². The Hall–Kier alpha value is -3.16. The zero-order chi connectivity index (χ0) is 20.7. The van der Waals surface area contributed by atoms with Crippen LogP contribution in [-0.2, 0) is 0 Å². The summed E-state index contributed by atoms with van der Waals surface area (Å²) >= 11 is 3.50. The molecule has 3 heterocycles. The number of nitrogens with zero attached hydrogens (tertiary/aromatic N) is 3.